The third kappa shape index (κ3) is 6.00. The lowest BCUT2D eigenvalue weighted by molar-refractivity contribution is -0.117. The Hall–Kier alpha value is -4.02. The van der Waals surface area contributed by atoms with Gasteiger partial charge in [-0.25, -0.2) is 4.39 Å². The van der Waals surface area contributed by atoms with Crippen LogP contribution in [-0.4, -0.2) is 17.9 Å². The summed E-state index contributed by atoms with van der Waals surface area (Å²) in [6.07, 6.45) is 0. The van der Waals surface area contributed by atoms with Crippen LogP contribution in [0.5, 0.6) is 0 Å². The van der Waals surface area contributed by atoms with Gasteiger partial charge in [-0.2, -0.15) is 5.26 Å². The first kappa shape index (κ1) is 22.7. The minimum absolute atomic E-state index is 0.122. The topological polar surface area (TPSA) is 94.0 Å². The molecule has 0 saturated heterocycles. The fourth-order valence-corrected chi connectivity index (χ4v) is 3.12. The molecule has 0 aliphatic heterocycles. The number of halogens is 1. The van der Waals surface area contributed by atoms with Crippen molar-refractivity contribution in [3.8, 4) is 6.07 Å². The zero-order chi connectivity index (χ0) is 23.1. The Morgan fingerprint density at radius 3 is 2.25 bits per heavy atom. The second kappa shape index (κ2) is 10.3. The van der Waals surface area contributed by atoms with Crippen LogP contribution < -0.4 is 16.0 Å². The largest absolute Gasteiger partial charge is 0.325 e. The van der Waals surface area contributed by atoms with Gasteiger partial charge in [-0.15, -0.1) is 0 Å². The lowest BCUT2D eigenvalue weighted by atomic mass is 10.1. The van der Waals surface area contributed by atoms with E-state index >= 15 is 0 Å². The number of hydrogen-bond acceptors (Lipinski definition) is 4. The van der Waals surface area contributed by atoms with Crippen molar-refractivity contribution in [3.05, 3.63) is 95.3 Å². The van der Waals surface area contributed by atoms with E-state index in [2.05, 4.69) is 16.0 Å². The van der Waals surface area contributed by atoms with Crippen molar-refractivity contribution in [1.29, 1.82) is 5.26 Å². The molecule has 3 aromatic carbocycles. The van der Waals surface area contributed by atoms with Crippen molar-refractivity contribution in [2.45, 2.75) is 25.9 Å². The van der Waals surface area contributed by atoms with Gasteiger partial charge in [0.2, 0.25) is 5.91 Å². The lowest BCUT2D eigenvalue weighted by Crippen LogP contribution is -2.39. The number of hydrogen-bond donors (Lipinski definition) is 3. The van der Waals surface area contributed by atoms with E-state index in [-0.39, 0.29) is 17.9 Å². The fraction of sp³-hybridized carbons (Fsp3) is 0.160. The first-order chi connectivity index (χ1) is 15.4. The highest BCUT2D eigenvalue weighted by atomic mass is 19.1. The van der Waals surface area contributed by atoms with Gasteiger partial charge < -0.3 is 10.6 Å². The van der Waals surface area contributed by atoms with E-state index < -0.39 is 11.9 Å². The molecule has 0 saturated carbocycles. The van der Waals surface area contributed by atoms with Gasteiger partial charge in [0.25, 0.3) is 5.91 Å². The maximum Gasteiger partial charge on any atom is 0.255 e. The number of nitriles is 1. The summed E-state index contributed by atoms with van der Waals surface area (Å²) < 4.78 is 13.0. The molecule has 6 nitrogen and oxygen atoms in total. The summed E-state index contributed by atoms with van der Waals surface area (Å²) in [5.41, 5.74) is 2.96. The highest BCUT2D eigenvalue weighted by Crippen LogP contribution is 2.18. The Balaban J connectivity index is 1.56. The van der Waals surface area contributed by atoms with Crippen LogP contribution in [0.15, 0.2) is 72.8 Å². The molecule has 3 rings (SSSR count). The normalized spacial score (nSPS) is 12.3. The Morgan fingerprint density at radius 2 is 1.59 bits per heavy atom. The quantitative estimate of drug-likeness (QED) is 0.510. The summed E-state index contributed by atoms with van der Waals surface area (Å²) in [7, 11) is 0. The van der Waals surface area contributed by atoms with Crippen molar-refractivity contribution >= 4 is 23.2 Å². The first-order valence-corrected chi connectivity index (χ1v) is 10.1. The summed E-state index contributed by atoms with van der Waals surface area (Å²) in [6.45, 7) is 3.70. The standard InChI is InChI=1S/C25H23FN4O2/c1-16(28-17(2)24(31)30-23-5-3-4-18(14-23)15-27)19-8-12-22(13-9-19)29-25(32)20-6-10-21(26)11-7-20/h3-14,16-17,28H,1-2H3,(H,29,32)(H,30,31). The van der Waals surface area contributed by atoms with Crippen LogP contribution in [0.2, 0.25) is 0 Å². The number of carbonyl (C=O) groups is 2. The molecule has 2 unspecified atom stereocenters. The van der Waals surface area contributed by atoms with Crippen LogP contribution in [-0.2, 0) is 4.79 Å². The third-order valence-electron chi connectivity index (χ3n) is 4.93. The molecule has 162 valence electrons. The van der Waals surface area contributed by atoms with E-state index in [1.54, 1.807) is 43.3 Å². The monoisotopic (exact) mass is 430 g/mol. The second-order valence-corrected chi connectivity index (χ2v) is 7.37. The molecule has 0 aromatic heterocycles. The molecule has 32 heavy (non-hydrogen) atoms. The Bertz CT molecular complexity index is 1140. The predicted octanol–water partition coefficient (Wildman–Crippen LogP) is 4.63. The van der Waals surface area contributed by atoms with Gasteiger partial charge >= 0.3 is 0 Å². The highest BCUT2D eigenvalue weighted by molar-refractivity contribution is 6.04. The van der Waals surface area contributed by atoms with Crippen molar-refractivity contribution in [2.75, 3.05) is 10.6 Å². The molecule has 0 aliphatic carbocycles. The molecule has 0 aliphatic rings. The number of anilines is 2. The van der Waals surface area contributed by atoms with Gasteiger partial charge in [0, 0.05) is 23.0 Å². The number of nitrogens with one attached hydrogen (secondary N) is 3. The Labute approximate surface area is 186 Å². The van der Waals surface area contributed by atoms with Crippen molar-refractivity contribution in [2.24, 2.45) is 0 Å². The van der Waals surface area contributed by atoms with E-state index in [1.807, 2.05) is 25.1 Å². The van der Waals surface area contributed by atoms with Gasteiger partial charge in [0.1, 0.15) is 5.82 Å². The van der Waals surface area contributed by atoms with Gasteiger partial charge in [-0.05, 0) is 74.0 Å². The minimum atomic E-state index is -0.478. The Morgan fingerprint density at radius 1 is 0.906 bits per heavy atom. The zero-order valence-corrected chi connectivity index (χ0v) is 17.7. The van der Waals surface area contributed by atoms with E-state index in [0.717, 1.165) is 5.56 Å². The van der Waals surface area contributed by atoms with Crippen molar-refractivity contribution in [1.82, 2.24) is 5.32 Å². The Kier molecular flexibility index (Phi) is 7.32. The molecule has 0 spiro atoms. The number of carbonyl (C=O) groups excluding carboxylic acids is 2. The zero-order valence-electron chi connectivity index (χ0n) is 17.7. The van der Waals surface area contributed by atoms with E-state index in [4.69, 9.17) is 5.26 Å². The SMILES string of the molecule is CC(NC(C)c1ccc(NC(=O)c2ccc(F)cc2)cc1)C(=O)Nc1cccc(C#N)c1. The predicted molar refractivity (Wildman–Crippen MR) is 122 cm³/mol. The molecule has 0 fully saturated rings. The summed E-state index contributed by atoms with van der Waals surface area (Å²) in [5.74, 6) is -0.934. The fourth-order valence-electron chi connectivity index (χ4n) is 3.12. The van der Waals surface area contributed by atoms with E-state index in [1.165, 1.54) is 24.3 Å². The maximum absolute atomic E-state index is 13.0. The van der Waals surface area contributed by atoms with Crippen LogP contribution in [0.4, 0.5) is 15.8 Å². The number of benzene rings is 3. The highest BCUT2D eigenvalue weighted by Gasteiger charge is 2.17. The third-order valence-corrected chi connectivity index (χ3v) is 4.93. The molecule has 3 aromatic rings. The molecular formula is C25H23FN4O2. The number of amides is 2. The van der Waals surface area contributed by atoms with Crippen LogP contribution in [0.3, 0.4) is 0 Å². The van der Waals surface area contributed by atoms with Crippen LogP contribution in [0, 0.1) is 17.1 Å². The summed E-state index contributed by atoms with van der Waals surface area (Å²) >= 11 is 0. The average molecular weight is 430 g/mol. The van der Waals surface area contributed by atoms with Gasteiger partial charge in [-0.1, -0.05) is 18.2 Å². The lowest BCUT2D eigenvalue weighted by Gasteiger charge is -2.20. The molecule has 2 atom stereocenters. The molecule has 3 N–H and O–H groups in total. The summed E-state index contributed by atoms with van der Waals surface area (Å²) in [4.78, 5) is 24.7. The van der Waals surface area contributed by atoms with Gasteiger partial charge in [0.15, 0.2) is 0 Å². The van der Waals surface area contributed by atoms with Gasteiger partial charge in [0.05, 0.1) is 17.7 Å². The van der Waals surface area contributed by atoms with Crippen LogP contribution in [0.25, 0.3) is 0 Å². The minimum Gasteiger partial charge on any atom is -0.325 e. The molecule has 0 heterocycles. The summed E-state index contributed by atoms with van der Waals surface area (Å²) in [6, 6.07) is 20.8. The second-order valence-electron chi connectivity index (χ2n) is 7.37. The van der Waals surface area contributed by atoms with Crippen molar-refractivity contribution < 1.29 is 14.0 Å². The van der Waals surface area contributed by atoms with Crippen molar-refractivity contribution in [3.63, 3.8) is 0 Å². The first-order valence-electron chi connectivity index (χ1n) is 10.1. The maximum atomic E-state index is 13.0. The smallest absolute Gasteiger partial charge is 0.255 e. The molecule has 2 amide bonds. The summed E-state index contributed by atoms with van der Waals surface area (Å²) in [5, 5.41) is 17.8. The number of nitrogens with zero attached hydrogens (tertiary/aromatic N) is 1. The van der Waals surface area contributed by atoms with E-state index in [9.17, 15) is 14.0 Å². The molecule has 7 heteroatoms. The molecule has 0 bridgehead atoms. The molecule has 0 radical (unpaired) electrons. The van der Waals surface area contributed by atoms with Crippen LogP contribution in [0.1, 0.15) is 41.4 Å². The average Bonchev–Trinajstić information content (AvgIpc) is 2.80. The number of rotatable bonds is 7. The van der Waals surface area contributed by atoms with Crippen LogP contribution >= 0.6 is 0 Å². The van der Waals surface area contributed by atoms with Gasteiger partial charge in [-0.3, -0.25) is 14.9 Å². The van der Waals surface area contributed by atoms with E-state index in [0.29, 0.717) is 22.5 Å². The molecular weight excluding hydrogens is 407 g/mol.